The summed E-state index contributed by atoms with van der Waals surface area (Å²) in [6, 6.07) is 0. The second-order valence-corrected chi connectivity index (χ2v) is 4.13. The maximum absolute atomic E-state index is 12.0. The van der Waals surface area contributed by atoms with Gasteiger partial charge in [-0.3, -0.25) is 4.79 Å². The van der Waals surface area contributed by atoms with Crippen LogP contribution in [0.4, 0.5) is 0 Å². The summed E-state index contributed by atoms with van der Waals surface area (Å²) in [6.45, 7) is 3.74. The van der Waals surface area contributed by atoms with Crippen LogP contribution in [0.1, 0.15) is 29.4 Å². The minimum Gasteiger partial charge on any atom is -0.339 e. The van der Waals surface area contributed by atoms with Crippen LogP contribution in [0.15, 0.2) is 4.52 Å². The van der Waals surface area contributed by atoms with E-state index in [9.17, 15) is 4.79 Å². The molecule has 0 radical (unpaired) electrons. The van der Waals surface area contributed by atoms with Crippen molar-refractivity contribution in [3.63, 3.8) is 0 Å². The Bertz CT molecular complexity index is 377. The number of likely N-dealkylation sites (tertiary alicyclic amines) is 1. The third-order valence-corrected chi connectivity index (χ3v) is 2.86. The van der Waals surface area contributed by atoms with Crippen LogP contribution in [-0.2, 0) is 0 Å². The van der Waals surface area contributed by atoms with E-state index in [2.05, 4.69) is 10.1 Å². The third kappa shape index (κ3) is 2.21. The Labute approximate surface area is 93.8 Å². The average Bonchev–Trinajstić information content (AvgIpc) is 2.75. The number of nitrogens with two attached hydrogens (primary N) is 1. The van der Waals surface area contributed by atoms with E-state index in [1.807, 2.05) is 0 Å². The predicted molar refractivity (Wildman–Crippen MR) is 56.7 cm³/mol. The first-order valence-corrected chi connectivity index (χ1v) is 5.50. The molecular formula is C10H16N4O2. The van der Waals surface area contributed by atoms with Crippen molar-refractivity contribution < 1.29 is 9.32 Å². The van der Waals surface area contributed by atoms with Gasteiger partial charge in [0.05, 0.1) is 0 Å². The highest BCUT2D eigenvalue weighted by molar-refractivity contribution is 5.90. The standard InChI is InChI=1S/C10H16N4O2/c1-7-12-9(13-16-7)10(15)14-4-2-3-8(5-11)6-14/h8H,2-6,11H2,1H3. The Morgan fingerprint density at radius 2 is 2.50 bits per heavy atom. The summed E-state index contributed by atoms with van der Waals surface area (Å²) >= 11 is 0. The smallest absolute Gasteiger partial charge is 0.295 e. The van der Waals surface area contributed by atoms with Crippen LogP contribution in [0.3, 0.4) is 0 Å². The van der Waals surface area contributed by atoms with E-state index < -0.39 is 0 Å². The minimum absolute atomic E-state index is 0.148. The lowest BCUT2D eigenvalue weighted by atomic mass is 9.98. The number of carbonyl (C=O) groups excluding carboxylic acids is 1. The zero-order valence-electron chi connectivity index (χ0n) is 9.35. The molecule has 1 aliphatic rings. The van der Waals surface area contributed by atoms with Gasteiger partial charge in [0.15, 0.2) is 0 Å². The van der Waals surface area contributed by atoms with Gasteiger partial charge < -0.3 is 15.2 Å². The monoisotopic (exact) mass is 224 g/mol. The first kappa shape index (κ1) is 11.1. The lowest BCUT2D eigenvalue weighted by Gasteiger charge is -2.31. The molecule has 1 aromatic heterocycles. The molecule has 1 saturated heterocycles. The van der Waals surface area contributed by atoms with Gasteiger partial charge in [-0.15, -0.1) is 0 Å². The Hall–Kier alpha value is -1.43. The fourth-order valence-electron chi connectivity index (χ4n) is 1.97. The SMILES string of the molecule is Cc1nc(C(=O)N2CCCC(CN)C2)no1. The summed E-state index contributed by atoms with van der Waals surface area (Å²) in [6.07, 6.45) is 2.08. The van der Waals surface area contributed by atoms with Gasteiger partial charge in [0, 0.05) is 20.0 Å². The molecular weight excluding hydrogens is 208 g/mol. The number of rotatable bonds is 2. The molecule has 0 spiro atoms. The highest BCUT2D eigenvalue weighted by Gasteiger charge is 2.26. The van der Waals surface area contributed by atoms with Crippen molar-refractivity contribution in [1.82, 2.24) is 15.0 Å². The van der Waals surface area contributed by atoms with E-state index in [4.69, 9.17) is 10.3 Å². The molecule has 6 heteroatoms. The maximum atomic E-state index is 12.0. The number of nitrogens with zero attached hydrogens (tertiary/aromatic N) is 3. The summed E-state index contributed by atoms with van der Waals surface area (Å²) in [5.74, 6) is 0.798. The van der Waals surface area contributed by atoms with Crippen molar-refractivity contribution in [1.29, 1.82) is 0 Å². The van der Waals surface area contributed by atoms with Gasteiger partial charge in [-0.1, -0.05) is 5.16 Å². The van der Waals surface area contributed by atoms with E-state index in [0.29, 0.717) is 24.9 Å². The average molecular weight is 224 g/mol. The molecule has 1 unspecified atom stereocenters. The highest BCUT2D eigenvalue weighted by Crippen LogP contribution is 2.16. The Morgan fingerprint density at radius 1 is 1.69 bits per heavy atom. The van der Waals surface area contributed by atoms with Crippen LogP contribution in [0.25, 0.3) is 0 Å². The summed E-state index contributed by atoms with van der Waals surface area (Å²) in [5, 5.41) is 3.63. The van der Waals surface area contributed by atoms with E-state index in [-0.39, 0.29) is 11.7 Å². The fourth-order valence-corrected chi connectivity index (χ4v) is 1.97. The first-order valence-electron chi connectivity index (χ1n) is 5.50. The van der Waals surface area contributed by atoms with Crippen molar-refractivity contribution in [2.45, 2.75) is 19.8 Å². The van der Waals surface area contributed by atoms with E-state index in [0.717, 1.165) is 19.4 Å². The Kier molecular flexibility index (Phi) is 3.19. The van der Waals surface area contributed by atoms with Crippen LogP contribution in [0, 0.1) is 12.8 Å². The molecule has 16 heavy (non-hydrogen) atoms. The molecule has 6 nitrogen and oxygen atoms in total. The molecule has 2 N–H and O–H groups in total. The lowest BCUT2D eigenvalue weighted by Crippen LogP contribution is -2.42. The maximum Gasteiger partial charge on any atom is 0.295 e. The van der Waals surface area contributed by atoms with E-state index >= 15 is 0 Å². The van der Waals surface area contributed by atoms with Crippen LogP contribution in [0.5, 0.6) is 0 Å². The molecule has 2 heterocycles. The number of carbonyl (C=O) groups is 1. The molecule has 1 aliphatic heterocycles. The summed E-state index contributed by atoms with van der Waals surface area (Å²) in [7, 11) is 0. The van der Waals surface area contributed by atoms with Crippen LogP contribution in [0.2, 0.25) is 0 Å². The molecule has 1 aromatic rings. The molecule has 2 rings (SSSR count). The van der Waals surface area contributed by atoms with Gasteiger partial charge in [-0.05, 0) is 25.3 Å². The zero-order chi connectivity index (χ0) is 11.5. The molecule has 88 valence electrons. The van der Waals surface area contributed by atoms with E-state index in [1.165, 1.54) is 0 Å². The van der Waals surface area contributed by atoms with Gasteiger partial charge in [-0.25, -0.2) is 0 Å². The molecule has 1 fully saturated rings. The number of aryl methyl sites for hydroxylation is 1. The van der Waals surface area contributed by atoms with Crippen molar-refractivity contribution in [3.05, 3.63) is 11.7 Å². The van der Waals surface area contributed by atoms with Crippen molar-refractivity contribution in [3.8, 4) is 0 Å². The topological polar surface area (TPSA) is 85.2 Å². The minimum atomic E-state index is -0.157. The van der Waals surface area contributed by atoms with Crippen LogP contribution < -0.4 is 5.73 Å². The van der Waals surface area contributed by atoms with Gasteiger partial charge in [0.2, 0.25) is 5.89 Å². The Balaban J connectivity index is 2.04. The van der Waals surface area contributed by atoms with Crippen molar-refractivity contribution >= 4 is 5.91 Å². The zero-order valence-corrected chi connectivity index (χ0v) is 9.35. The molecule has 0 saturated carbocycles. The molecule has 0 aliphatic carbocycles. The van der Waals surface area contributed by atoms with Crippen molar-refractivity contribution in [2.75, 3.05) is 19.6 Å². The predicted octanol–water partition coefficient (Wildman–Crippen LogP) is 0.189. The number of hydrogen-bond donors (Lipinski definition) is 1. The lowest BCUT2D eigenvalue weighted by molar-refractivity contribution is 0.0662. The second-order valence-electron chi connectivity index (χ2n) is 4.13. The van der Waals surface area contributed by atoms with Gasteiger partial charge in [0.1, 0.15) is 0 Å². The number of piperidine rings is 1. The molecule has 0 bridgehead atoms. The summed E-state index contributed by atoms with van der Waals surface area (Å²) in [4.78, 5) is 17.7. The highest BCUT2D eigenvalue weighted by atomic mass is 16.5. The molecule has 0 aromatic carbocycles. The normalized spacial score (nSPS) is 21.1. The first-order chi connectivity index (χ1) is 7.70. The number of hydrogen-bond acceptors (Lipinski definition) is 5. The quantitative estimate of drug-likeness (QED) is 0.775. The van der Waals surface area contributed by atoms with Crippen molar-refractivity contribution in [2.24, 2.45) is 11.7 Å². The largest absolute Gasteiger partial charge is 0.339 e. The second kappa shape index (κ2) is 4.61. The van der Waals surface area contributed by atoms with Gasteiger partial charge in [-0.2, -0.15) is 4.98 Å². The number of amides is 1. The van der Waals surface area contributed by atoms with E-state index in [1.54, 1.807) is 11.8 Å². The van der Waals surface area contributed by atoms with Gasteiger partial charge >= 0.3 is 0 Å². The van der Waals surface area contributed by atoms with Crippen LogP contribution >= 0.6 is 0 Å². The molecule has 1 atom stereocenters. The van der Waals surface area contributed by atoms with Crippen LogP contribution in [-0.4, -0.2) is 40.6 Å². The molecule has 1 amide bonds. The number of aromatic nitrogens is 2. The summed E-state index contributed by atoms with van der Waals surface area (Å²) < 4.78 is 4.80. The van der Waals surface area contributed by atoms with Gasteiger partial charge in [0.25, 0.3) is 11.7 Å². The summed E-state index contributed by atoms with van der Waals surface area (Å²) in [5.41, 5.74) is 5.62. The Morgan fingerprint density at radius 3 is 3.12 bits per heavy atom. The fraction of sp³-hybridized carbons (Fsp3) is 0.700. The third-order valence-electron chi connectivity index (χ3n) is 2.86.